The number of nitrogen functional groups attached to an aromatic ring is 1. The van der Waals surface area contributed by atoms with E-state index in [2.05, 4.69) is 23.8 Å². The molecular formula is C11H19N5. The molecule has 0 aliphatic rings. The van der Waals surface area contributed by atoms with Gasteiger partial charge in [-0.3, -0.25) is 5.41 Å². The lowest BCUT2D eigenvalue weighted by Gasteiger charge is -2.24. The van der Waals surface area contributed by atoms with Gasteiger partial charge >= 0.3 is 0 Å². The molecule has 1 rings (SSSR count). The van der Waals surface area contributed by atoms with Crippen molar-refractivity contribution in [3.8, 4) is 0 Å². The summed E-state index contributed by atoms with van der Waals surface area (Å²) in [5, 5.41) is 7.33. The fourth-order valence-corrected chi connectivity index (χ4v) is 1.48. The van der Waals surface area contributed by atoms with E-state index in [-0.39, 0.29) is 5.84 Å². The third-order valence-electron chi connectivity index (χ3n) is 2.60. The molecule has 3 N–H and O–H groups in total. The molecule has 5 heteroatoms. The topological polar surface area (TPSA) is 78.9 Å². The van der Waals surface area contributed by atoms with E-state index in [0.717, 1.165) is 12.8 Å². The number of hydrogen-bond acceptors (Lipinski definition) is 4. The van der Waals surface area contributed by atoms with Gasteiger partial charge in [-0.2, -0.15) is 0 Å². The first-order valence-corrected chi connectivity index (χ1v) is 5.46. The van der Waals surface area contributed by atoms with Gasteiger partial charge in [0.25, 0.3) is 0 Å². The van der Waals surface area contributed by atoms with Crippen LogP contribution in [-0.2, 0) is 0 Å². The van der Waals surface area contributed by atoms with Gasteiger partial charge in [0.15, 0.2) is 0 Å². The summed E-state index contributed by atoms with van der Waals surface area (Å²) in [4.78, 5) is 10.4. The third-order valence-corrected chi connectivity index (χ3v) is 2.60. The molecule has 0 aromatic carbocycles. The second-order valence-electron chi connectivity index (χ2n) is 3.90. The Morgan fingerprint density at radius 2 is 2.31 bits per heavy atom. The standard InChI is InChI=1S/C11H19N5/c1-4-5-8(2)16(3)11-14-7-6-9(15-11)10(12)13/h6-8H,4-5H2,1-3H3,(H3,12,13). The molecule has 1 aromatic heterocycles. The number of nitrogens with one attached hydrogen (secondary N) is 1. The number of aromatic nitrogens is 2. The lowest BCUT2D eigenvalue weighted by Crippen LogP contribution is -2.30. The van der Waals surface area contributed by atoms with Crippen molar-refractivity contribution in [1.29, 1.82) is 5.41 Å². The van der Waals surface area contributed by atoms with E-state index in [1.54, 1.807) is 12.3 Å². The van der Waals surface area contributed by atoms with Crippen LogP contribution < -0.4 is 10.6 Å². The molecule has 0 saturated heterocycles. The summed E-state index contributed by atoms with van der Waals surface area (Å²) in [6, 6.07) is 2.02. The second kappa shape index (κ2) is 5.44. The van der Waals surface area contributed by atoms with E-state index in [0.29, 0.717) is 17.7 Å². The second-order valence-corrected chi connectivity index (χ2v) is 3.90. The summed E-state index contributed by atoms with van der Waals surface area (Å²) in [6.07, 6.45) is 3.84. The molecule has 0 saturated carbocycles. The van der Waals surface area contributed by atoms with Crippen LogP contribution in [0.2, 0.25) is 0 Å². The van der Waals surface area contributed by atoms with Crippen LogP contribution in [0, 0.1) is 5.41 Å². The van der Waals surface area contributed by atoms with E-state index in [9.17, 15) is 0 Å². The summed E-state index contributed by atoms with van der Waals surface area (Å²) in [6.45, 7) is 4.28. The predicted molar refractivity (Wildman–Crippen MR) is 65.8 cm³/mol. The first-order valence-electron chi connectivity index (χ1n) is 5.46. The Balaban J connectivity index is 2.86. The molecule has 0 aliphatic carbocycles. The lowest BCUT2D eigenvalue weighted by atomic mass is 10.2. The van der Waals surface area contributed by atoms with Crippen LogP contribution in [0.25, 0.3) is 0 Å². The third kappa shape index (κ3) is 2.92. The lowest BCUT2D eigenvalue weighted by molar-refractivity contribution is 0.605. The fraction of sp³-hybridized carbons (Fsp3) is 0.545. The number of hydrogen-bond donors (Lipinski definition) is 2. The average Bonchev–Trinajstić information content (AvgIpc) is 2.28. The van der Waals surface area contributed by atoms with Crippen LogP contribution in [-0.4, -0.2) is 28.9 Å². The highest BCUT2D eigenvalue weighted by atomic mass is 15.2. The maximum Gasteiger partial charge on any atom is 0.225 e. The normalized spacial score (nSPS) is 12.2. The first kappa shape index (κ1) is 12.4. The average molecular weight is 221 g/mol. The van der Waals surface area contributed by atoms with Crippen LogP contribution >= 0.6 is 0 Å². The smallest absolute Gasteiger partial charge is 0.225 e. The van der Waals surface area contributed by atoms with Gasteiger partial charge in [0, 0.05) is 19.3 Å². The minimum absolute atomic E-state index is 0.0276. The Labute approximate surface area is 96.2 Å². The quantitative estimate of drug-likeness (QED) is 0.581. The zero-order valence-electron chi connectivity index (χ0n) is 10.1. The highest BCUT2D eigenvalue weighted by Gasteiger charge is 2.12. The van der Waals surface area contributed by atoms with Crippen molar-refractivity contribution in [2.75, 3.05) is 11.9 Å². The van der Waals surface area contributed by atoms with Crippen molar-refractivity contribution in [1.82, 2.24) is 9.97 Å². The molecule has 0 bridgehead atoms. The zero-order valence-corrected chi connectivity index (χ0v) is 10.1. The van der Waals surface area contributed by atoms with Gasteiger partial charge in [-0.15, -0.1) is 0 Å². The number of rotatable bonds is 5. The van der Waals surface area contributed by atoms with Crippen LogP contribution in [0.4, 0.5) is 5.95 Å². The first-order chi connectivity index (χ1) is 7.56. The number of nitrogens with zero attached hydrogens (tertiary/aromatic N) is 3. The van der Waals surface area contributed by atoms with Crippen molar-refractivity contribution in [3.05, 3.63) is 18.0 Å². The van der Waals surface area contributed by atoms with Crippen molar-refractivity contribution in [2.45, 2.75) is 32.7 Å². The van der Waals surface area contributed by atoms with Crippen LogP contribution in [0.1, 0.15) is 32.4 Å². The molecule has 0 spiro atoms. The molecule has 0 amide bonds. The molecule has 0 fully saturated rings. The maximum atomic E-state index is 7.33. The van der Waals surface area contributed by atoms with Gasteiger partial charge in [0.05, 0.1) is 0 Å². The summed E-state index contributed by atoms with van der Waals surface area (Å²) < 4.78 is 0. The summed E-state index contributed by atoms with van der Waals surface area (Å²) >= 11 is 0. The SMILES string of the molecule is CCCC(C)N(C)c1nccc(C(=N)N)n1. The molecule has 5 nitrogen and oxygen atoms in total. The van der Waals surface area contributed by atoms with E-state index < -0.39 is 0 Å². The van der Waals surface area contributed by atoms with Crippen LogP contribution in [0.3, 0.4) is 0 Å². The fourth-order valence-electron chi connectivity index (χ4n) is 1.48. The van der Waals surface area contributed by atoms with Gasteiger partial charge in [-0.05, 0) is 19.4 Å². The van der Waals surface area contributed by atoms with Gasteiger partial charge in [-0.25, -0.2) is 9.97 Å². The van der Waals surface area contributed by atoms with Gasteiger partial charge < -0.3 is 10.6 Å². The molecule has 88 valence electrons. The van der Waals surface area contributed by atoms with E-state index in [4.69, 9.17) is 11.1 Å². The number of anilines is 1. The Kier molecular flexibility index (Phi) is 4.22. The number of nitrogens with two attached hydrogens (primary N) is 1. The van der Waals surface area contributed by atoms with Crippen molar-refractivity contribution in [2.24, 2.45) is 5.73 Å². The van der Waals surface area contributed by atoms with Gasteiger partial charge in [0.2, 0.25) is 5.95 Å². The van der Waals surface area contributed by atoms with Crippen molar-refractivity contribution < 1.29 is 0 Å². The molecule has 0 radical (unpaired) electrons. The summed E-state index contributed by atoms with van der Waals surface area (Å²) in [5.41, 5.74) is 5.86. The highest BCUT2D eigenvalue weighted by molar-refractivity contribution is 5.93. The monoisotopic (exact) mass is 221 g/mol. The highest BCUT2D eigenvalue weighted by Crippen LogP contribution is 2.12. The Morgan fingerprint density at radius 3 is 2.88 bits per heavy atom. The van der Waals surface area contributed by atoms with Crippen LogP contribution in [0.15, 0.2) is 12.3 Å². The van der Waals surface area contributed by atoms with E-state index in [1.807, 2.05) is 11.9 Å². The largest absolute Gasteiger partial charge is 0.382 e. The minimum atomic E-state index is -0.0276. The van der Waals surface area contributed by atoms with Crippen LogP contribution in [0.5, 0.6) is 0 Å². The van der Waals surface area contributed by atoms with Gasteiger partial charge in [0.1, 0.15) is 11.5 Å². The van der Waals surface area contributed by atoms with Crippen molar-refractivity contribution >= 4 is 11.8 Å². The molecule has 1 atom stereocenters. The molecule has 1 aromatic rings. The Morgan fingerprint density at radius 1 is 1.62 bits per heavy atom. The minimum Gasteiger partial charge on any atom is -0.382 e. The molecule has 1 heterocycles. The van der Waals surface area contributed by atoms with E-state index >= 15 is 0 Å². The zero-order chi connectivity index (χ0) is 12.1. The summed E-state index contributed by atoms with van der Waals surface area (Å²) in [7, 11) is 1.96. The van der Waals surface area contributed by atoms with Gasteiger partial charge in [-0.1, -0.05) is 13.3 Å². The molecular weight excluding hydrogens is 202 g/mol. The Bertz CT molecular complexity index is 363. The Hall–Kier alpha value is -1.65. The molecule has 1 unspecified atom stereocenters. The predicted octanol–water partition coefficient (Wildman–Crippen LogP) is 1.39. The van der Waals surface area contributed by atoms with Crippen molar-refractivity contribution in [3.63, 3.8) is 0 Å². The molecule has 16 heavy (non-hydrogen) atoms. The summed E-state index contributed by atoms with van der Waals surface area (Å²) in [5.74, 6) is 0.592. The number of amidine groups is 1. The molecule has 0 aliphatic heterocycles. The van der Waals surface area contributed by atoms with E-state index in [1.165, 1.54) is 0 Å². The maximum absolute atomic E-state index is 7.33.